The van der Waals surface area contributed by atoms with Gasteiger partial charge in [-0.25, -0.2) is 4.98 Å². The van der Waals surface area contributed by atoms with Crippen LogP contribution in [0.15, 0.2) is 12.4 Å². The van der Waals surface area contributed by atoms with Crippen molar-refractivity contribution < 1.29 is 0 Å². The Hall–Kier alpha value is -0.830. The van der Waals surface area contributed by atoms with Crippen LogP contribution in [-0.4, -0.2) is 22.1 Å². The maximum Gasteiger partial charge on any atom is 0.108 e. The third kappa shape index (κ3) is 3.35. The fourth-order valence-electron chi connectivity index (χ4n) is 3.21. The van der Waals surface area contributed by atoms with Gasteiger partial charge in [-0.15, -0.1) is 0 Å². The van der Waals surface area contributed by atoms with Crippen LogP contribution < -0.4 is 5.32 Å². The molecule has 0 bridgehead atoms. The highest BCUT2D eigenvalue weighted by Gasteiger charge is 2.23. The minimum atomic E-state index is 0.620. The van der Waals surface area contributed by atoms with Gasteiger partial charge in [0.1, 0.15) is 5.82 Å². The lowest BCUT2D eigenvalue weighted by molar-refractivity contribution is 0.249. The molecule has 1 atom stereocenters. The molecule has 0 aliphatic heterocycles. The number of hydrogen-bond donors (Lipinski definition) is 1. The Kier molecular flexibility index (Phi) is 5.24. The molecule has 102 valence electrons. The molecule has 1 aliphatic rings. The number of aromatic nitrogens is 2. The summed E-state index contributed by atoms with van der Waals surface area (Å²) in [6.45, 7) is 6.55. The fraction of sp³-hybridized carbons (Fsp3) is 0.800. The van der Waals surface area contributed by atoms with Crippen LogP contribution in [0.25, 0.3) is 0 Å². The normalized spacial score (nSPS) is 19.0. The van der Waals surface area contributed by atoms with Crippen LogP contribution in [0, 0.1) is 5.92 Å². The molecule has 2 rings (SSSR count). The van der Waals surface area contributed by atoms with Crippen molar-refractivity contribution in [3.63, 3.8) is 0 Å². The first-order chi connectivity index (χ1) is 8.85. The average Bonchev–Trinajstić information content (AvgIpc) is 2.86. The van der Waals surface area contributed by atoms with Gasteiger partial charge >= 0.3 is 0 Å². The van der Waals surface area contributed by atoms with E-state index in [4.69, 9.17) is 0 Å². The molecule has 1 aromatic heterocycles. The highest BCUT2D eigenvalue weighted by Crippen LogP contribution is 2.27. The lowest BCUT2D eigenvalue weighted by Gasteiger charge is -2.31. The van der Waals surface area contributed by atoms with Crippen LogP contribution >= 0.6 is 0 Å². The number of rotatable bonds is 6. The minimum absolute atomic E-state index is 0.620. The van der Waals surface area contributed by atoms with E-state index in [-0.39, 0.29) is 0 Å². The topological polar surface area (TPSA) is 29.9 Å². The summed E-state index contributed by atoms with van der Waals surface area (Å²) in [5, 5.41) is 3.69. The predicted molar refractivity (Wildman–Crippen MR) is 75.6 cm³/mol. The molecule has 3 nitrogen and oxygen atoms in total. The van der Waals surface area contributed by atoms with Crippen LogP contribution in [0.2, 0.25) is 0 Å². The molecule has 1 aliphatic carbocycles. The van der Waals surface area contributed by atoms with Gasteiger partial charge < -0.3 is 9.88 Å². The third-order valence-corrected chi connectivity index (χ3v) is 4.20. The van der Waals surface area contributed by atoms with Crippen molar-refractivity contribution in [2.45, 2.75) is 65.0 Å². The summed E-state index contributed by atoms with van der Waals surface area (Å²) in [4.78, 5) is 4.43. The van der Waals surface area contributed by atoms with Gasteiger partial charge in [0.2, 0.25) is 0 Å². The fourth-order valence-corrected chi connectivity index (χ4v) is 3.21. The first-order valence-electron chi connectivity index (χ1n) is 7.58. The molecule has 3 heteroatoms. The van der Waals surface area contributed by atoms with Crippen LogP contribution in [0.1, 0.15) is 51.8 Å². The maximum atomic E-state index is 4.43. The van der Waals surface area contributed by atoms with Crippen LogP contribution in [-0.2, 0) is 13.0 Å². The Morgan fingerprint density at radius 3 is 2.78 bits per heavy atom. The molecule has 1 aromatic rings. The average molecular weight is 249 g/mol. The molecular formula is C15H27N3. The van der Waals surface area contributed by atoms with E-state index >= 15 is 0 Å². The Bertz CT molecular complexity index is 339. The molecule has 1 N–H and O–H groups in total. The molecule has 18 heavy (non-hydrogen) atoms. The first-order valence-corrected chi connectivity index (χ1v) is 7.58. The Morgan fingerprint density at radius 1 is 1.33 bits per heavy atom. The Labute approximate surface area is 111 Å². The summed E-state index contributed by atoms with van der Waals surface area (Å²) in [7, 11) is 0. The first kappa shape index (κ1) is 13.6. The van der Waals surface area contributed by atoms with Gasteiger partial charge in [0, 0.05) is 31.4 Å². The zero-order chi connectivity index (χ0) is 12.8. The van der Waals surface area contributed by atoms with Crippen molar-refractivity contribution in [3.05, 3.63) is 18.2 Å². The zero-order valence-electron chi connectivity index (χ0n) is 11.9. The lowest BCUT2D eigenvalue weighted by atomic mass is 9.83. The predicted octanol–water partition coefficient (Wildman–Crippen LogP) is 3.00. The number of nitrogens with zero attached hydrogens (tertiary/aromatic N) is 2. The number of hydrogen-bond acceptors (Lipinski definition) is 2. The largest absolute Gasteiger partial charge is 0.333 e. The van der Waals surface area contributed by atoms with E-state index in [9.17, 15) is 0 Å². The smallest absolute Gasteiger partial charge is 0.108 e. The second kappa shape index (κ2) is 6.93. The van der Waals surface area contributed by atoms with Crippen molar-refractivity contribution >= 4 is 0 Å². The van der Waals surface area contributed by atoms with E-state index in [1.54, 1.807) is 0 Å². The van der Waals surface area contributed by atoms with Gasteiger partial charge in [0.05, 0.1) is 0 Å². The molecule has 0 amide bonds. The standard InChI is InChI=1S/C15H27N3/c1-3-15-17-10-11-18(15)12-14(16-4-2)13-8-6-5-7-9-13/h10-11,13-14,16H,3-9,12H2,1-2H3. The quantitative estimate of drug-likeness (QED) is 0.840. The van der Waals surface area contributed by atoms with Crippen molar-refractivity contribution in [3.8, 4) is 0 Å². The second-order valence-corrected chi connectivity index (χ2v) is 5.41. The number of aryl methyl sites for hydroxylation is 1. The zero-order valence-corrected chi connectivity index (χ0v) is 11.9. The number of nitrogens with one attached hydrogen (secondary N) is 1. The molecule has 0 radical (unpaired) electrons. The van der Waals surface area contributed by atoms with E-state index in [1.165, 1.54) is 37.9 Å². The minimum Gasteiger partial charge on any atom is -0.333 e. The van der Waals surface area contributed by atoms with Gasteiger partial charge in [-0.1, -0.05) is 33.1 Å². The highest BCUT2D eigenvalue weighted by molar-refractivity contribution is 4.93. The summed E-state index contributed by atoms with van der Waals surface area (Å²) in [6, 6.07) is 0.620. The van der Waals surface area contributed by atoms with E-state index in [2.05, 4.69) is 34.9 Å². The third-order valence-electron chi connectivity index (χ3n) is 4.20. The summed E-state index contributed by atoms with van der Waals surface area (Å²) in [5.41, 5.74) is 0. The molecule has 1 unspecified atom stereocenters. The van der Waals surface area contributed by atoms with Crippen molar-refractivity contribution in [2.75, 3.05) is 6.54 Å². The van der Waals surface area contributed by atoms with Gasteiger partial charge in [0.15, 0.2) is 0 Å². The van der Waals surface area contributed by atoms with Crippen LogP contribution in [0.3, 0.4) is 0 Å². The van der Waals surface area contributed by atoms with E-state index in [1.807, 2.05) is 6.20 Å². The molecule has 1 heterocycles. The summed E-state index contributed by atoms with van der Waals surface area (Å²) < 4.78 is 2.34. The van der Waals surface area contributed by atoms with E-state index in [0.717, 1.165) is 25.4 Å². The summed E-state index contributed by atoms with van der Waals surface area (Å²) in [6.07, 6.45) is 12.1. The van der Waals surface area contributed by atoms with E-state index in [0.29, 0.717) is 6.04 Å². The van der Waals surface area contributed by atoms with Gasteiger partial charge in [-0.3, -0.25) is 0 Å². The van der Waals surface area contributed by atoms with Crippen LogP contribution in [0.4, 0.5) is 0 Å². The Morgan fingerprint density at radius 2 is 2.11 bits per heavy atom. The van der Waals surface area contributed by atoms with Crippen molar-refractivity contribution in [2.24, 2.45) is 5.92 Å². The molecule has 1 fully saturated rings. The SMILES string of the molecule is CCNC(Cn1ccnc1CC)C1CCCCC1. The number of imidazole rings is 1. The van der Waals surface area contributed by atoms with Gasteiger partial charge in [0.25, 0.3) is 0 Å². The molecular weight excluding hydrogens is 222 g/mol. The van der Waals surface area contributed by atoms with Crippen LogP contribution in [0.5, 0.6) is 0 Å². The summed E-state index contributed by atoms with van der Waals surface area (Å²) >= 11 is 0. The Balaban J connectivity index is 2.00. The molecule has 1 saturated carbocycles. The van der Waals surface area contributed by atoms with E-state index < -0.39 is 0 Å². The number of likely N-dealkylation sites (N-methyl/N-ethyl adjacent to an activating group) is 1. The monoisotopic (exact) mass is 249 g/mol. The maximum absolute atomic E-state index is 4.43. The van der Waals surface area contributed by atoms with Crippen molar-refractivity contribution in [1.29, 1.82) is 0 Å². The second-order valence-electron chi connectivity index (χ2n) is 5.41. The van der Waals surface area contributed by atoms with Gasteiger partial charge in [-0.05, 0) is 25.3 Å². The lowest BCUT2D eigenvalue weighted by Crippen LogP contribution is -2.40. The van der Waals surface area contributed by atoms with Crippen molar-refractivity contribution in [1.82, 2.24) is 14.9 Å². The molecule has 0 saturated heterocycles. The molecule has 0 aromatic carbocycles. The molecule has 0 spiro atoms. The summed E-state index contributed by atoms with van der Waals surface area (Å²) in [5.74, 6) is 2.07. The highest BCUT2D eigenvalue weighted by atomic mass is 15.1. The van der Waals surface area contributed by atoms with Gasteiger partial charge in [-0.2, -0.15) is 0 Å².